The molecule has 14 nitrogen and oxygen atoms in total. The summed E-state index contributed by atoms with van der Waals surface area (Å²) in [5.74, 6) is 1.77. The van der Waals surface area contributed by atoms with Crippen LogP contribution in [0.5, 0.6) is 40.2 Å². The van der Waals surface area contributed by atoms with E-state index in [1.54, 1.807) is 31.0 Å². The van der Waals surface area contributed by atoms with E-state index in [4.69, 9.17) is 28.4 Å². The van der Waals surface area contributed by atoms with Crippen LogP contribution in [0.4, 0.5) is 0 Å². The molecule has 10 rings (SSSR count). The van der Waals surface area contributed by atoms with Gasteiger partial charge in [0.05, 0.1) is 44.2 Å². The molecule has 7 aliphatic rings. The molecule has 1 spiro atoms. The van der Waals surface area contributed by atoms with Crippen LogP contribution in [0.2, 0.25) is 0 Å². The Labute approximate surface area is 322 Å². The first-order valence-corrected chi connectivity index (χ1v) is 19.5. The van der Waals surface area contributed by atoms with Gasteiger partial charge in [-0.25, -0.2) is 0 Å². The smallest absolute Gasteiger partial charge is 0.308 e. The van der Waals surface area contributed by atoms with E-state index in [0.29, 0.717) is 53.5 Å². The standard InChI is InChI=1S/C40H44N4O10S/c1-17-9-21-10-23-24(13-41)44-25-14-51-39(48)40(22-12-27(49-5)26(46)11-20(22)7-8-42-40)15-55-38(32(44)31(43(23)4)28(21)33(47)34(17)50-6)30-29(25)37-36(52-16-53-37)18(2)35(30)54-19(3)45/h9,11-12,23-25,31-32,38-39,42,46-48H,7-8,10,14-16H2,1-6H3/t23-,24-,25-,31-,32?,38+,39?,40+/m0/s1. The van der Waals surface area contributed by atoms with E-state index in [-0.39, 0.29) is 42.4 Å². The molecule has 2 fully saturated rings. The van der Waals surface area contributed by atoms with Gasteiger partial charge in [-0.3, -0.25) is 14.6 Å². The van der Waals surface area contributed by atoms with E-state index < -0.39 is 47.2 Å². The summed E-state index contributed by atoms with van der Waals surface area (Å²) in [4.78, 5) is 17.3. The molecule has 0 radical (unpaired) electrons. The van der Waals surface area contributed by atoms with Crippen LogP contribution in [-0.4, -0.2) is 102 Å². The highest BCUT2D eigenvalue weighted by atomic mass is 32.2. The highest BCUT2D eigenvalue weighted by molar-refractivity contribution is 7.99. The Bertz CT molecular complexity index is 2180. The van der Waals surface area contributed by atoms with Gasteiger partial charge in [-0.05, 0) is 68.1 Å². The summed E-state index contributed by atoms with van der Waals surface area (Å²) < 4.78 is 36.4. The highest BCUT2D eigenvalue weighted by Crippen LogP contribution is 2.64. The number of likely N-dealkylation sites (N-methyl/N-ethyl adjacent to an activating group) is 1. The van der Waals surface area contributed by atoms with Crippen LogP contribution in [0, 0.1) is 25.2 Å². The fourth-order valence-electron chi connectivity index (χ4n) is 10.3. The van der Waals surface area contributed by atoms with Gasteiger partial charge in [0.2, 0.25) is 6.79 Å². The second-order valence-corrected chi connectivity index (χ2v) is 16.4. The van der Waals surface area contributed by atoms with Crippen LogP contribution in [0.15, 0.2) is 18.2 Å². The van der Waals surface area contributed by atoms with Gasteiger partial charge in [-0.1, -0.05) is 6.07 Å². The molecule has 0 saturated carbocycles. The van der Waals surface area contributed by atoms with Crippen molar-refractivity contribution in [3.8, 4) is 46.3 Å². The summed E-state index contributed by atoms with van der Waals surface area (Å²) in [6.45, 7) is 5.49. The van der Waals surface area contributed by atoms with Gasteiger partial charge in [-0.15, -0.1) is 11.8 Å². The Morgan fingerprint density at radius 2 is 1.85 bits per heavy atom. The molecule has 2 unspecified atom stereocenters. The normalized spacial score (nSPS) is 30.4. The number of aromatic hydroxyl groups is 2. The summed E-state index contributed by atoms with van der Waals surface area (Å²) in [7, 11) is 5.03. The summed E-state index contributed by atoms with van der Waals surface area (Å²) in [5.41, 5.74) is 4.90. The molecule has 4 N–H and O–H groups in total. The maximum absolute atomic E-state index is 13.0. The fourth-order valence-corrected chi connectivity index (χ4v) is 12.0. The number of carbonyl (C=O) groups excluding carboxylic acids is 1. The number of aliphatic hydroxyl groups is 1. The van der Waals surface area contributed by atoms with Gasteiger partial charge in [-0.2, -0.15) is 5.26 Å². The lowest BCUT2D eigenvalue weighted by atomic mass is 9.71. The van der Waals surface area contributed by atoms with Crippen LogP contribution < -0.4 is 29.0 Å². The van der Waals surface area contributed by atoms with Gasteiger partial charge in [0.25, 0.3) is 0 Å². The van der Waals surface area contributed by atoms with E-state index in [0.717, 1.165) is 33.4 Å². The number of phenolic OH excluding ortho intramolecular Hbond substituents is 2. The summed E-state index contributed by atoms with van der Waals surface area (Å²) in [6.07, 6.45) is -0.264. The van der Waals surface area contributed by atoms with Crippen molar-refractivity contribution in [1.29, 1.82) is 5.26 Å². The lowest BCUT2D eigenvalue weighted by Crippen LogP contribution is -2.69. The number of ether oxygens (including phenoxy) is 6. The number of aliphatic hydroxyl groups excluding tert-OH is 1. The van der Waals surface area contributed by atoms with Crippen molar-refractivity contribution in [2.24, 2.45) is 0 Å². The van der Waals surface area contributed by atoms with E-state index in [1.165, 1.54) is 14.0 Å². The zero-order valence-corrected chi connectivity index (χ0v) is 32.3. The SMILES string of the molecule is COc1cc2c(cc1O)CCN[C@]21CS[C@@H]2c3c(OC(C)=O)c(C)c4c(c3[C@H](COC1O)N1C2[C@@H]2c3c(cc(C)c(OC)c3O)C[C@@H]([C@@H]1C#N)N2C)OCO4. The first-order valence-electron chi connectivity index (χ1n) is 18.4. The molecule has 0 aliphatic carbocycles. The molecule has 3 aromatic carbocycles. The lowest BCUT2D eigenvalue weighted by molar-refractivity contribution is -0.176. The van der Waals surface area contributed by atoms with Gasteiger partial charge >= 0.3 is 5.97 Å². The molecule has 15 heteroatoms. The first-order chi connectivity index (χ1) is 26.4. The number of rotatable bonds is 3. The maximum Gasteiger partial charge on any atom is 0.308 e. The number of esters is 1. The number of aryl methyl sites for hydroxylation is 1. The number of methoxy groups -OCH3 is 2. The van der Waals surface area contributed by atoms with Crippen LogP contribution >= 0.6 is 11.8 Å². The number of nitriles is 1. The number of benzene rings is 3. The molecule has 290 valence electrons. The van der Waals surface area contributed by atoms with Crippen LogP contribution in [-0.2, 0) is 27.9 Å². The Hall–Kier alpha value is -4.43. The van der Waals surface area contributed by atoms with Gasteiger partial charge in [0.15, 0.2) is 40.8 Å². The average molecular weight is 773 g/mol. The second-order valence-electron chi connectivity index (χ2n) is 15.2. The molecule has 3 aromatic rings. The third kappa shape index (κ3) is 5.01. The molecule has 7 aliphatic heterocycles. The largest absolute Gasteiger partial charge is 0.504 e. The van der Waals surface area contributed by atoms with Crippen molar-refractivity contribution in [3.63, 3.8) is 0 Å². The van der Waals surface area contributed by atoms with Crippen LogP contribution in [0.25, 0.3) is 0 Å². The van der Waals surface area contributed by atoms with Gasteiger partial charge in [0.1, 0.15) is 17.3 Å². The number of carbonyl (C=O) groups is 1. The van der Waals surface area contributed by atoms with Gasteiger partial charge in [0, 0.05) is 53.6 Å². The molecular formula is C40H44N4O10S. The van der Waals surface area contributed by atoms with Crippen molar-refractivity contribution < 1.29 is 48.5 Å². The average Bonchev–Trinajstić information content (AvgIpc) is 3.65. The molecular weight excluding hydrogens is 729 g/mol. The van der Waals surface area contributed by atoms with Crippen molar-refractivity contribution in [2.45, 2.75) is 80.9 Å². The number of piperazine rings is 1. The Morgan fingerprint density at radius 1 is 1.07 bits per heavy atom. The quantitative estimate of drug-likeness (QED) is 0.224. The van der Waals surface area contributed by atoms with Crippen LogP contribution in [0.1, 0.15) is 68.8 Å². The van der Waals surface area contributed by atoms with Crippen molar-refractivity contribution in [2.75, 3.05) is 47.0 Å². The Morgan fingerprint density at radius 3 is 2.58 bits per heavy atom. The molecule has 0 amide bonds. The monoisotopic (exact) mass is 772 g/mol. The predicted molar refractivity (Wildman–Crippen MR) is 199 cm³/mol. The molecule has 2 saturated heterocycles. The van der Waals surface area contributed by atoms with E-state index in [9.17, 15) is 25.4 Å². The third-order valence-electron chi connectivity index (χ3n) is 12.6. The minimum absolute atomic E-state index is 0.00575. The predicted octanol–water partition coefficient (Wildman–Crippen LogP) is 3.78. The van der Waals surface area contributed by atoms with Gasteiger partial charge < -0.3 is 49.1 Å². The van der Waals surface area contributed by atoms with E-state index in [1.807, 2.05) is 20.9 Å². The molecule has 55 heavy (non-hydrogen) atoms. The van der Waals surface area contributed by atoms with E-state index in [2.05, 4.69) is 27.3 Å². The number of nitrogens with zero attached hydrogens (tertiary/aromatic N) is 3. The molecule has 8 atom stereocenters. The molecule has 0 aromatic heterocycles. The highest BCUT2D eigenvalue weighted by Gasteiger charge is 2.61. The number of nitrogens with one attached hydrogen (secondary N) is 1. The summed E-state index contributed by atoms with van der Waals surface area (Å²) >= 11 is 1.54. The third-order valence-corrected chi connectivity index (χ3v) is 14.1. The van der Waals surface area contributed by atoms with Crippen molar-refractivity contribution in [1.82, 2.24) is 15.1 Å². The van der Waals surface area contributed by atoms with Crippen LogP contribution in [0.3, 0.4) is 0 Å². The number of phenols is 2. The number of thioether (sulfide) groups is 1. The zero-order chi connectivity index (χ0) is 38.7. The first kappa shape index (κ1) is 36.2. The number of hydrogen-bond acceptors (Lipinski definition) is 15. The second kappa shape index (κ2) is 13.1. The van der Waals surface area contributed by atoms with Crippen molar-refractivity contribution >= 4 is 17.7 Å². The number of fused-ring (bicyclic) bond motifs is 9. The minimum atomic E-state index is -1.37. The Kier molecular flexibility index (Phi) is 8.61. The van der Waals surface area contributed by atoms with E-state index >= 15 is 0 Å². The topological polar surface area (TPSA) is 175 Å². The molecule has 7 heterocycles. The fraction of sp³-hybridized carbons (Fsp3) is 0.500. The molecule has 4 bridgehead atoms. The minimum Gasteiger partial charge on any atom is -0.504 e. The summed E-state index contributed by atoms with van der Waals surface area (Å²) in [5, 5.41) is 49.3. The lowest BCUT2D eigenvalue weighted by Gasteiger charge is -2.62. The zero-order valence-electron chi connectivity index (χ0n) is 31.5. The van der Waals surface area contributed by atoms with Crippen molar-refractivity contribution in [3.05, 3.63) is 62.7 Å². The summed E-state index contributed by atoms with van der Waals surface area (Å²) in [6, 6.07) is 5.58. The number of hydrogen-bond donors (Lipinski definition) is 4. The maximum atomic E-state index is 13.0. The Balaban J connectivity index is 1.33.